The lowest BCUT2D eigenvalue weighted by molar-refractivity contribution is 0.553. The van der Waals surface area contributed by atoms with Crippen LogP contribution in [0.15, 0.2) is 34.0 Å². The summed E-state index contributed by atoms with van der Waals surface area (Å²) in [4.78, 5) is 24.3. The third-order valence-corrected chi connectivity index (χ3v) is 3.38. The predicted octanol–water partition coefficient (Wildman–Crippen LogP) is 1.84. The minimum Gasteiger partial charge on any atom is -0.393 e. The summed E-state index contributed by atoms with van der Waals surface area (Å²) < 4.78 is 16.2. The molecule has 0 unspecified atom stereocenters. The third kappa shape index (κ3) is 3.00. The second-order valence-electron chi connectivity index (χ2n) is 4.66. The maximum atomic E-state index is 13.9. The van der Waals surface area contributed by atoms with Crippen molar-refractivity contribution in [1.82, 2.24) is 9.13 Å². The number of halogens is 2. The first-order valence-corrected chi connectivity index (χ1v) is 6.86. The molecule has 0 saturated heterocycles. The number of aromatic nitrogens is 2. The summed E-state index contributed by atoms with van der Waals surface area (Å²) in [7, 11) is 0. The van der Waals surface area contributed by atoms with Crippen LogP contribution in [0.3, 0.4) is 0 Å². The van der Waals surface area contributed by atoms with Crippen LogP contribution in [-0.2, 0) is 13.1 Å². The van der Waals surface area contributed by atoms with Crippen LogP contribution in [0.5, 0.6) is 0 Å². The van der Waals surface area contributed by atoms with Gasteiger partial charge < -0.3 is 5.73 Å². The van der Waals surface area contributed by atoms with Crippen molar-refractivity contribution in [3.05, 3.63) is 61.6 Å². The number of hydrogen-bond acceptors (Lipinski definition) is 3. The molecule has 0 aliphatic heterocycles. The van der Waals surface area contributed by atoms with Gasteiger partial charge in [0.15, 0.2) is 0 Å². The Hall–Kier alpha value is -2.08. The highest BCUT2D eigenvalue weighted by atomic mass is 35.5. The number of hydrogen-bond donors (Lipinski definition) is 1. The first-order valence-electron chi connectivity index (χ1n) is 6.48. The summed E-state index contributed by atoms with van der Waals surface area (Å²) in [5.74, 6) is -0.644. The Kier molecular flexibility index (Phi) is 4.47. The van der Waals surface area contributed by atoms with E-state index in [4.69, 9.17) is 17.3 Å². The van der Waals surface area contributed by atoms with Gasteiger partial charge in [0.05, 0.1) is 11.6 Å². The van der Waals surface area contributed by atoms with Crippen LogP contribution in [0.4, 0.5) is 10.1 Å². The van der Waals surface area contributed by atoms with Gasteiger partial charge in [-0.25, -0.2) is 9.18 Å². The highest BCUT2D eigenvalue weighted by molar-refractivity contribution is 6.30. The summed E-state index contributed by atoms with van der Waals surface area (Å²) >= 11 is 5.70. The molecule has 0 radical (unpaired) electrons. The Morgan fingerprint density at radius 1 is 1.33 bits per heavy atom. The van der Waals surface area contributed by atoms with E-state index < -0.39 is 17.1 Å². The molecule has 0 bridgehead atoms. The van der Waals surface area contributed by atoms with Gasteiger partial charge in [0.25, 0.3) is 5.56 Å². The van der Waals surface area contributed by atoms with Gasteiger partial charge in [-0.15, -0.1) is 0 Å². The molecule has 1 aromatic carbocycles. The first-order chi connectivity index (χ1) is 9.95. The van der Waals surface area contributed by atoms with E-state index in [1.165, 1.54) is 22.9 Å². The van der Waals surface area contributed by atoms with E-state index in [1.54, 1.807) is 6.07 Å². The number of nitrogen functional groups attached to an aromatic ring is 1. The average molecular weight is 312 g/mol. The van der Waals surface area contributed by atoms with Gasteiger partial charge >= 0.3 is 5.69 Å². The Morgan fingerprint density at radius 2 is 2.05 bits per heavy atom. The Bertz CT molecular complexity index is 783. The molecule has 0 atom stereocenters. The minimum atomic E-state index is -0.644. The van der Waals surface area contributed by atoms with Gasteiger partial charge in [-0.2, -0.15) is 0 Å². The van der Waals surface area contributed by atoms with Gasteiger partial charge in [-0.1, -0.05) is 30.7 Å². The Morgan fingerprint density at radius 3 is 2.71 bits per heavy atom. The highest BCUT2D eigenvalue weighted by Crippen LogP contribution is 2.18. The third-order valence-electron chi connectivity index (χ3n) is 3.09. The van der Waals surface area contributed by atoms with Crippen molar-refractivity contribution >= 4 is 17.3 Å². The molecule has 112 valence electrons. The fraction of sp³-hybridized carbons (Fsp3) is 0.286. The van der Waals surface area contributed by atoms with E-state index in [2.05, 4.69) is 0 Å². The second-order valence-corrected chi connectivity index (χ2v) is 5.07. The molecular formula is C14H15ClFN3O2. The number of aryl methyl sites for hydroxylation is 1. The van der Waals surface area contributed by atoms with E-state index in [0.717, 1.165) is 4.57 Å². The lowest BCUT2D eigenvalue weighted by Crippen LogP contribution is -2.41. The van der Waals surface area contributed by atoms with Crippen molar-refractivity contribution in [3.8, 4) is 0 Å². The van der Waals surface area contributed by atoms with Gasteiger partial charge in [0.2, 0.25) is 0 Å². The zero-order valence-corrected chi connectivity index (χ0v) is 12.2. The van der Waals surface area contributed by atoms with Gasteiger partial charge in [0, 0.05) is 18.3 Å². The molecule has 2 rings (SSSR count). The minimum absolute atomic E-state index is 0.0505. The van der Waals surface area contributed by atoms with E-state index in [9.17, 15) is 14.0 Å². The predicted molar refractivity (Wildman–Crippen MR) is 80.2 cm³/mol. The maximum absolute atomic E-state index is 13.9. The van der Waals surface area contributed by atoms with Crippen LogP contribution in [0.2, 0.25) is 5.02 Å². The van der Waals surface area contributed by atoms with Crippen molar-refractivity contribution in [2.24, 2.45) is 0 Å². The standard InChI is InChI=1S/C14H15ClFN3O2/c1-2-6-18-8-11(17)13(20)19(14(18)21)7-9-4-3-5-10(15)12(9)16/h3-5,8H,2,6-7,17H2,1H3. The van der Waals surface area contributed by atoms with Crippen LogP contribution in [0, 0.1) is 5.82 Å². The Balaban J connectivity index is 2.56. The van der Waals surface area contributed by atoms with Crippen molar-refractivity contribution in [3.63, 3.8) is 0 Å². The maximum Gasteiger partial charge on any atom is 0.331 e. The van der Waals surface area contributed by atoms with Crippen molar-refractivity contribution in [2.45, 2.75) is 26.4 Å². The molecule has 0 aliphatic carbocycles. The number of nitrogens with two attached hydrogens (primary N) is 1. The van der Waals surface area contributed by atoms with Gasteiger partial charge in [0.1, 0.15) is 11.5 Å². The first kappa shape index (κ1) is 15.3. The molecule has 2 N–H and O–H groups in total. The largest absolute Gasteiger partial charge is 0.393 e. The SMILES string of the molecule is CCCn1cc(N)c(=O)n(Cc2cccc(Cl)c2F)c1=O. The number of nitrogens with zero attached hydrogens (tertiary/aromatic N) is 2. The second kappa shape index (κ2) is 6.13. The average Bonchev–Trinajstić information content (AvgIpc) is 2.45. The molecule has 2 aromatic rings. The molecule has 0 saturated carbocycles. The van der Waals surface area contributed by atoms with Crippen LogP contribution in [-0.4, -0.2) is 9.13 Å². The molecular weight excluding hydrogens is 297 g/mol. The summed E-state index contributed by atoms with van der Waals surface area (Å²) in [5, 5.41) is -0.0571. The number of anilines is 1. The molecule has 5 nitrogen and oxygen atoms in total. The molecule has 1 aromatic heterocycles. The zero-order chi connectivity index (χ0) is 15.6. The lowest BCUT2D eigenvalue weighted by Gasteiger charge is -2.11. The quantitative estimate of drug-likeness (QED) is 0.936. The van der Waals surface area contributed by atoms with E-state index in [-0.39, 0.29) is 22.8 Å². The Labute approximate surface area is 125 Å². The molecule has 0 aliphatic rings. The van der Waals surface area contributed by atoms with E-state index >= 15 is 0 Å². The molecule has 7 heteroatoms. The lowest BCUT2D eigenvalue weighted by atomic mass is 10.2. The summed E-state index contributed by atoms with van der Waals surface area (Å²) in [6.45, 7) is 2.12. The van der Waals surface area contributed by atoms with E-state index in [0.29, 0.717) is 13.0 Å². The van der Waals surface area contributed by atoms with Crippen LogP contribution >= 0.6 is 11.6 Å². The number of benzene rings is 1. The summed E-state index contributed by atoms with van der Waals surface area (Å²) in [6, 6.07) is 4.43. The smallest absolute Gasteiger partial charge is 0.331 e. The topological polar surface area (TPSA) is 70.0 Å². The molecule has 1 heterocycles. The molecule has 21 heavy (non-hydrogen) atoms. The zero-order valence-electron chi connectivity index (χ0n) is 11.5. The summed E-state index contributed by atoms with van der Waals surface area (Å²) in [5.41, 5.74) is 4.59. The monoisotopic (exact) mass is 311 g/mol. The normalized spacial score (nSPS) is 10.8. The van der Waals surface area contributed by atoms with Crippen LogP contribution in [0.1, 0.15) is 18.9 Å². The van der Waals surface area contributed by atoms with Gasteiger partial charge in [-0.3, -0.25) is 13.9 Å². The fourth-order valence-electron chi connectivity index (χ4n) is 2.06. The fourth-order valence-corrected chi connectivity index (χ4v) is 2.25. The van der Waals surface area contributed by atoms with Crippen LogP contribution in [0.25, 0.3) is 0 Å². The molecule has 0 amide bonds. The van der Waals surface area contributed by atoms with Crippen molar-refractivity contribution < 1.29 is 4.39 Å². The van der Waals surface area contributed by atoms with Crippen molar-refractivity contribution in [1.29, 1.82) is 0 Å². The van der Waals surface area contributed by atoms with E-state index in [1.807, 2.05) is 6.92 Å². The molecule has 0 spiro atoms. The molecule has 0 fully saturated rings. The van der Waals surface area contributed by atoms with Gasteiger partial charge in [-0.05, 0) is 12.5 Å². The van der Waals surface area contributed by atoms with Crippen molar-refractivity contribution in [2.75, 3.05) is 5.73 Å². The highest BCUT2D eigenvalue weighted by Gasteiger charge is 2.13. The number of rotatable bonds is 4. The summed E-state index contributed by atoms with van der Waals surface area (Å²) in [6.07, 6.45) is 2.03. The van der Waals surface area contributed by atoms with Crippen LogP contribution < -0.4 is 17.0 Å².